The largest absolute Gasteiger partial charge is 0.494 e. The minimum absolute atomic E-state index is 0.0694. The van der Waals surface area contributed by atoms with Crippen LogP contribution in [0.1, 0.15) is 39.2 Å². The Morgan fingerprint density at radius 2 is 1.57 bits per heavy atom. The molecule has 0 aliphatic rings. The van der Waals surface area contributed by atoms with Crippen molar-refractivity contribution < 1.29 is 28.5 Å². The number of hydrogen-bond acceptors (Lipinski definition) is 4. The molecule has 1 unspecified atom stereocenters. The molecular formula is C22H34F2O4. The normalized spacial score (nSPS) is 10.2. The predicted octanol–water partition coefficient (Wildman–Crippen LogP) is 4.97. The summed E-state index contributed by atoms with van der Waals surface area (Å²) in [6.45, 7) is 6.61. The standard InChI is InChI=1S/C8H10O.C7H6F2O.C5H12O2.C2H6/c1-9-7-8-5-3-2-4-6-8;1-10-6-4-2-3-5(8)7(6)9;1-5(7)3-2-4-6;1-2/h2-6H,7H2,1H3;2-4H,1H3;5-7H,2-4H2,1H3;1-2H3. The van der Waals surface area contributed by atoms with Gasteiger partial charge < -0.3 is 19.7 Å². The third-order valence-electron chi connectivity index (χ3n) is 3.07. The van der Waals surface area contributed by atoms with Gasteiger partial charge in [-0.3, -0.25) is 0 Å². The molecule has 6 heteroatoms. The minimum atomic E-state index is -0.940. The van der Waals surface area contributed by atoms with E-state index in [0.29, 0.717) is 19.4 Å². The Bertz CT molecular complexity index is 578. The number of halogens is 2. The average Bonchev–Trinajstić information content (AvgIpc) is 2.72. The van der Waals surface area contributed by atoms with E-state index in [4.69, 9.17) is 14.9 Å². The van der Waals surface area contributed by atoms with Crippen LogP contribution in [0.4, 0.5) is 8.78 Å². The molecule has 0 radical (unpaired) electrons. The van der Waals surface area contributed by atoms with E-state index >= 15 is 0 Å². The van der Waals surface area contributed by atoms with Gasteiger partial charge in [-0.25, -0.2) is 4.39 Å². The lowest BCUT2D eigenvalue weighted by molar-refractivity contribution is 0.167. The van der Waals surface area contributed by atoms with Crippen LogP contribution in [0.5, 0.6) is 5.75 Å². The molecule has 2 rings (SSSR count). The van der Waals surface area contributed by atoms with Gasteiger partial charge in [0.15, 0.2) is 11.6 Å². The molecule has 0 bridgehead atoms. The van der Waals surface area contributed by atoms with Crippen LogP contribution in [0, 0.1) is 11.6 Å². The van der Waals surface area contributed by atoms with E-state index in [1.165, 1.54) is 24.8 Å². The fourth-order valence-corrected chi connectivity index (χ4v) is 1.77. The van der Waals surface area contributed by atoms with Crippen molar-refractivity contribution in [1.29, 1.82) is 0 Å². The van der Waals surface area contributed by atoms with Gasteiger partial charge in [-0.1, -0.05) is 50.2 Å². The maximum atomic E-state index is 12.5. The molecule has 4 nitrogen and oxygen atoms in total. The summed E-state index contributed by atoms with van der Waals surface area (Å²) in [5, 5.41) is 16.8. The van der Waals surface area contributed by atoms with Crippen molar-refractivity contribution in [3.8, 4) is 5.75 Å². The highest BCUT2D eigenvalue weighted by Gasteiger charge is 2.05. The topological polar surface area (TPSA) is 58.9 Å². The van der Waals surface area contributed by atoms with Crippen molar-refractivity contribution in [3.63, 3.8) is 0 Å². The SMILES string of the molecule is CC.CC(O)CCCO.COCc1ccccc1.COc1cccc(F)c1F. The van der Waals surface area contributed by atoms with Gasteiger partial charge >= 0.3 is 0 Å². The van der Waals surface area contributed by atoms with Crippen LogP contribution in [0.15, 0.2) is 48.5 Å². The Hall–Kier alpha value is -2.02. The molecule has 0 saturated heterocycles. The summed E-state index contributed by atoms with van der Waals surface area (Å²) < 4.78 is 34.3. The maximum Gasteiger partial charge on any atom is 0.200 e. The number of aliphatic hydroxyl groups excluding tert-OH is 2. The third-order valence-corrected chi connectivity index (χ3v) is 3.07. The van der Waals surface area contributed by atoms with Crippen molar-refractivity contribution in [2.24, 2.45) is 0 Å². The number of aliphatic hydroxyl groups is 2. The summed E-state index contributed by atoms with van der Waals surface area (Å²) in [5.41, 5.74) is 1.22. The zero-order valence-electron chi connectivity index (χ0n) is 17.5. The quantitative estimate of drug-likeness (QED) is 0.719. The van der Waals surface area contributed by atoms with Crippen LogP contribution in [-0.2, 0) is 11.3 Å². The van der Waals surface area contributed by atoms with Gasteiger partial charge in [0.05, 0.1) is 19.8 Å². The van der Waals surface area contributed by atoms with Gasteiger partial charge in [-0.05, 0) is 37.5 Å². The van der Waals surface area contributed by atoms with Crippen molar-refractivity contribution in [3.05, 3.63) is 65.7 Å². The summed E-state index contributed by atoms with van der Waals surface area (Å²) in [7, 11) is 2.99. The molecule has 2 aromatic carbocycles. The van der Waals surface area contributed by atoms with Crippen molar-refractivity contribution in [2.75, 3.05) is 20.8 Å². The molecule has 2 aromatic rings. The van der Waals surface area contributed by atoms with Gasteiger partial charge in [0.2, 0.25) is 5.82 Å². The van der Waals surface area contributed by atoms with Crippen LogP contribution in [0.3, 0.4) is 0 Å². The highest BCUT2D eigenvalue weighted by molar-refractivity contribution is 5.24. The summed E-state index contributed by atoms with van der Waals surface area (Å²) in [5.74, 6) is -1.90. The fourth-order valence-electron chi connectivity index (χ4n) is 1.77. The molecule has 0 amide bonds. The van der Waals surface area contributed by atoms with E-state index in [0.717, 1.165) is 6.07 Å². The second-order valence-electron chi connectivity index (χ2n) is 5.39. The van der Waals surface area contributed by atoms with Gasteiger partial charge in [0, 0.05) is 13.7 Å². The lowest BCUT2D eigenvalue weighted by Gasteiger charge is -1.99. The van der Waals surface area contributed by atoms with Crippen LogP contribution >= 0.6 is 0 Å². The van der Waals surface area contributed by atoms with Gasteiger partial charge in [-0.15, -0.1) is 0 Å². The van der Waals surface area contributed by atoms with Crippen molar-refractivity contribution >= 4 is 0 Å². The lowest BCUT2D eigenvalue weighted by Crippen LogP contribution is -1.99. The molecule has 0 saturated carbocycles. The Labute approximate surface area is 167 Å². The lowest BCUT2D eigenvalue weighted by atomic mass is 10.2. The second-order valence-corrected chi connectivity index (χ2v) is 5.39. The highest BCUT2D eigenvalue weighted by Crippen LogP contribution is 2.17. The van der Waals surface area contributed by atoms with Crippen LogP contribution in [-0.4, -0.2) is 37.1 Å². The highest BCUT2D eigenvalue weighted by atomic mass is 19.2. The molecule has 160 valence electrons. The van der Waals surface area contributed by atoms with E-state index in [2.05, 4.69) is 4.74 Å². The summed E-state index contributed by atoms with van der Waals surface area (Å²) in [4.78, 5) is 0. The zero-order chi connectivity index (χ0) is 21.8. The van der Waals surface area contributed by atoms with Crippen LogP contribution in [0.2, 0.25) is 0 Å². The first-order valence-electron chi connectivity index (χ1n) is 9.26. The molecule has 0 fully saturated rings. The molecule has 0 aliphatic carbocycles. The summed E-state index contributed by atoms with van der Waals surface area (Å²) in [6.07, 6.45) is 1.15. The second kappa shape index (κ2) is 19.7. The first kappa shape index (κ1) is 28.2. The molecule has 0 spiro atoms. The van der Waals surface area contributed by atoms with E-state index in [1.54, 1.807) is 14.0 Å². The van der Waals surface area contributed by atoms with Gasteiger partial charge in [0.25, 0.3) is 0 Å². The number of benzene rings is 2. The van der Waals surface area contributed by atoms with Gasteiger partial charge in [0.1, 0.15) is 0 Å². The monoisotopic (exact) mass is 400 g/mol. The molecular weight excluding hydrogens is 366 g/mol. The third kappa shape index (κ3) is 15.1. The van der Waals surface area contributed by atoms with Crippen molar-refractivity contribution in [1.82, 2.24) is 0 Å². The minimum Gasteiger partial charge on any atom is -0.494 e. The molecule has 0 aliphatic heterocycles. The average molecular weight is 401 g/mol. The Morgan fingerprint density at radius 1 is 0.964 bits per heavy atom. The molecule has 28 heavy (non-hydrogen) atoms. The Morgan fingerprint density at radius 3 is 1.96 bits per heavy atom. The molecule has 0 aromatic heterocycles. The first-order valence-corrected chi connectivity index (χ1v) is 9.26. The summed E-state index contributed by atoms with van der Waals surface area (Å²) in [6, 6.07) is 13.9. The van der Waals surface area contributed by atoms with E-state index < -0.39 is 11.6 Å². The van der Waals surface area contributed by atoms with Crippen LogP contribution in [0.25, 0.3) is 0 Å². The van der Waals surface area contributed by atoms with Crippen molar-refractivity contribution in [2.45, 2.75) is 46.3 Å². The number of ether oxygens (including phenoxy) is 2. The van der Waals surface area contributed by atoms with E-state index in [1.807, 2.05) is 44.2 Å². The van der Waals surface area contributed by atoms with Gasteiger partial charge in [-0.2, -0.15) is 4.39 Å². The smallest absolute Gasteiger partial charge is 0.200 e. The zero-order valence-corrected chi connectivity index (χ0v) is 17.5. The van der Waals surface area contributed by atoms with Crippen LogP contribution < -0.4 is 4.74 Å². The van der Waals surface area contributed by atoms with E-state index in [9.17, 15) is 8.78 Å². The first-order chi connectivity index (χ1) is 13.5. The number of methoxy groups -OCH3 is 2. The molecule has 1 atom stereocenters. The summed E-state index contributed by atoms with van der Waals surface area (Å²) >= 11 is 0. The number of rotatable bonds is 6. The molecule has 0 heterocycles. The molecule has 2 N–H and O–H groups in total. The Balaban J connectivity index is 0. The Kier molecular flexibility index (Phi) is 19.9. The number of hydrogen-bond donors (Lipinski definition) is 2. The fraction of sp³-hybridized carbons (Fsp3) is 0.455. The predicted molar refractivity (Wildman–Crippen MR) is 109 cm³/mol. The van der Waals surface area contributed by atoms with E-state index in [-0.39, 0.29) is 18.5 Å². The maximum absolute atomic E-state index is 12.5.